The molecule has 2 N–H and O–H groups in total. The number of nitrogens with one attached hydrogen (secondary N) is 2. The lowest BCUT2D eigenvalue weighted by molar-refractivity contribution is 0.0606. The molecule has 1 aliphatic rings. The maximum Gasteiger partial charge on any atom is 0.348 e. The van der Waals surface area contributed by atoms with Crippen molar-refractivity contribution < 1.29 is 17.9 Å². The van der Waals surface area contributed by atoms with Gasteiger partial charge in [-0.15, -0.1) is 11.3 Å². The van der Waals surface area contributed by atoms with E-state index in [4.69, 9.17) is 0 Å². The molecule has 2 heterocycles. The Morgan fingerprint density at radius 3 is 3.00 bits per heavy atom. The van der Waals surface area contributed by atoms with Crippen molar-refractivity contribution in [3.05, 3.63) is 14.7 Å². The van der Waals surface area contributed by atoms with Gasteiger partial charge in [0.15, 0.2) is 0 Å². The average Bonchev–Trinajstić information content (AvgIpc) is 2.88. The van der Waals surface area contributed by atoms with Crippen LogP contribution in [-0.2, 0) is 14.8 Å². The number of ether oxygens (including phenoxy) is 1. The van der Waals surface area contributed by atoms with E-state index in [1.54, 1.807) is 0 Å². The van der Waals surface area contributed by atoms with E-state index in [9.17, 15) is 13.2 Å². The summed E-state index contributed by atoms with van der Waals surface area (Å²) >= 11 is 4.24. The molecule has 6 nitrogen and oxygen atoms in total. The van der Waals surface area contributed by atoms with Crippen molar-refractivity contribution in [3.8, 4) is 0 Å². The number of rotatable bonds is 5. The van der Waals surface area contributed by atoms with Crippen LogP contribution >= 0.6 is 27.3 Å². The van der Waals surface area contributed by atoms with Crippen LogP contribution in [-0.4, -0.2) is 41.1 Å². The number of sulfonamides is 1. The molecular formula is C12H17BrN2O4S2. The molecule has 0 radical (unpaired) electrons. The Labute approximate surface area is 136 Å². The molecule has 0 spiro atoms. The molecule has 0 aliphatic carbocycles. The van der Waals surface area contributed by atoms with Gasteiger partial charge in [-0.05, 0) is 53.8 Å². The van der Waals surface area contributed by atoms with Crippen molar-refractivity contribution in [1.82, 2.24) is 10.0 Å². The number of esters is 1. The van der Waals surface area contributed by atoms with E-state index in [-0.39, 0.29) is 9.77 Å². The van der Waals surface area contributed by atoms with Crippen LogP contribution in [0.4, 0.5) is 0 Å². The fourth-order valence-electron chi connectivity index (χ4n) is 2.14. The van der Waals surface area contributed by atoms with Crippen LogP contribution in [0.2, 0.25) is 0 Å². The Morgan fingerprint density at radius 2 is 2.38 bits per heavy atom. The topological polar surface area (TPSA) is 84.5 Å². The largest absolute Gasteiger partial charge is 0.465 e. The highest BCUT2D eigenvalue weighted by molar-refractivity contribution is 9.11. The van der Waals surface area contributed by atoms with Gasteiger partial charge in [0.05, 0.1) is 10.9 Å². The predicted molar refractivity (Wildman–Crippen MR) is 84.1 cm³/mol. The highest BCUT2D eigenvalue weighted by Gasteiger charge is 2.24. The number of piperidine rings is 1. The smallest absolute Gasteiger partial charge is 0.348 e. The van der Waals surface area contributed by atoms with Gasteiger partial charge in [0.2, 0.25) is 10.0 Å². The van der Waals surface area contributed by atoms with E-state index >= 15 is 0 Å². The summed E-state index contributed by atoms with van der Waals surface area (Å²) in [7, 11) is -2.37. The van der Waals surface area contributed by atoms with Gasteiger partial charge < -0.3 is 10.1 Å². The van der Waals surface area contributed by atoms with Gasteiger partial charge in [-0.1, -0.05) is 0 Å². The number of hydrogen-bond donors (Lipinski definition) is 2. The number of hydrogen-bond acceptors (Lipinski definition) is 6. The number of carbonyl (C=O) groups excluding carboxylic acids is 1. The van der Waals surface area contributed by atoms with E-state index < -0.39 is 16.0 Å². The summed E-state index contributed by atoms with van der Waals surface area (Å²) in [6.45, 7) is 2.20. The summed E-state index contributed by atoms with van der Waals surface area (Å²) < 4.78 is 32.2. The molecule has 1 aromatic heterocycles. The Bertz CT molecular complexity index is 609. The van der Waals surface area contributed by atoms with Crippen LogP contribution in [0.3, 0.4) is 0 Å². The highest BCUT2D eigenvalue weighted by atomic mass is 79.9. The van der Waals surface area contributed by atoms with Crippen LogP contribution in [0, 0.1) is 5.92 Å². The normalized spacial score (nSPS) is 19.4. The maximum absolute atomic E-state index is 12.3. The molecule has 0 bridgehead atoms. The first-order valence-corrected chi connectivity index (χ1v) is 9.61. The molecular weight excluding hydrogens is 380 g/mol. The third-order valence-corrected chi connectivity index (χ3v) is 6.95. The Hall–Kier alpha value is -0.480. The molecule has 1 aliphatic heterocycles. The van der Waals surface area contributed by atoms with Crippen LogP contribution in [0.25, 0.3) is 0 Å². The third-order valence-electron chi connectivity index (χ3n) is 3.29. The number of carbonyl (C=O) groups is 1. The van der Waals surface area contributed by atoms with Crippen molar-refractivity contribution in [2.75, 3.05) is 26.7 Å². The lowest BCUT2D eigenvalue weighted by Gasteiger charge is -2.22. The molecule has 1 fully saturated rings. The SMILES string of the molecule is COC(=O)c1cc(S(=O)(=O)NCC2CCCNC2)c(Br)s1. The van der Waals surface area contributed by atoms with Crippen molar-refractivity contribution in [3.63, 3.8) is 0 Å². The van der Waals surface area contributed by atoms with E-state index in [1.807, 2.05) is 0 Å². The minimum atomic E-state index is -3.63. The standard InChI is InChI=1S/C12H17BrN2O4S2/c1-19-12(16)9-5-10(11(13)20-9)21(17,18)15-7-8-3-2-4-14-6-8/h5,8,14-15H,2-4,6-7H2,1H3. The summed E-state index contributed by atoms with van der Waals surface area (Å²) in [5, 5.41) is 3.25. The van der Waals surface area contributed by atoms with E-state index in [2.05, 4.69) is 30.7 Å². The second kappa shape index (κ2) is 7.19. The van der Waals surface area contributed by atoms with Gasteiger partial charge in [-0.2, -0.15) is 0 Å². The summed E-state index contributed by atoms with van der Waals surface area (Å²) in [6, 6.07) is 1.34. The molecule has 0 saturated carbocycles. The van der Waals surface area contributed by atoms with Crippen LogP contribution in [0.15, 0.2) is 14.7 Å². The fourth-order valence-corrected chi connectivity index (χ4v) is 5.74. The molecule has 2 rings (SSSR count). The van der Waals surface area contributed by atoms with Gasteiger partial charge >= 0.3 is 5.97 Å². The summed E-state index contributed by atoms with van der Waals surface area (Å²) in [5.74, 6) is -0.246. The molecule has 118 valence electrons. The first-order valence-electron chi connectivity index (χ1n) is 6.52. The number of halogens is 1. The quantitative estimate of drug-likeness (QED) is 0.737. The van der Waals surface area contributed by atoms with Gasteiger partial charge in [-0.3, -0.25) is 0 Å². The number of thiophene rings is 1. The maximum atomic E-state index is 12.3. The van der Waals surface area contributed by atoms with Gasteiger partial charge in [0.1, 0.15) is 9.77 Å². The summed E-state index contributed by atoms with van der Waals surface area (Å²) in [6.07, 6.45) is 2.06. The van der Waals surface area contributed by atoms with Gasteiger partial charge in [0.25, 0.3) is 0 Å². The van der Waals surface area contributed by atoms with E-state index in [1.165, 1.54) is 13.2 Å². The molecule has 21 heavy (non-hydrogen) atoms. The number of methoxy groups -OCH3 is 1. The van der Waals surface area contributed by atoms with Gasteiger partial charge in [-0.25, -0.2) is 17.9 Å². The summed E-state index contributed by atoms with van der Waals surface area (Å²) in [5.41, 5.74) is 0. The fraction of sp³-hybridized carbons (Fsp3) is 0.583. The lowest BCUT2D eigenvalue weighted by Crippen LogP contribution is -2.38. The zero-order valence-electron chi connectivity index (χ0n) is 11.5. The molecule has 1 aromatic rings. The van der Waals surface area contributed by atoms with Crippen molar-refractivity contribution >= 4 is 43.3 Å². The van der Waals surface area contributed by atoms with Crippen molar-refractivity contribution in [2.45, 2.75) is 17.7 Å². The first-order chi connectivity index (χ1) is 9.94. The first kappa shape index (κ1) is 16.9. The molecule has 1 saturated heterocycles. The van der Waals surface area contributed by atoms with Crippen LogP contribution in [0.1, 0.15) is 22.5 Å². The van der Waals surface area contributed by atoms with Crippen LogP contribution < -0.4 is 10.0 Å². The van der Waals surface area contributed by atoms with E-state index in [0.29, 0.717) is 16.2 Å². The Kier molecular flexibility index (Phi) is 5.78. The molecule has 1 unspecified atom stereocenters. The lowest BCUT2D eigenvalue weighted by atomic mass is 10.0. The zero-order chi connectivity index (χ0) is 15.5. The minimum absolute atomic E-state index is 0.0802. The second-order valence-corrected chi connectivity index (χ2v) is 8.91. The summed E-state index contributed by atoms with van der Waals surface area (Å²) in [4.78, 5) is 11.8. The van der Waals surface area contributed by atoms with Crippen molar-refractivity contribution in [2.24, 2.45) is 5.92 Å². The molecule has 0 amide bonds. The minimum Gasteiger partial charge on any atom is -0.465 e. The zero-order valence-corrected chi connectivity index (χ0v) is 14.7. The Morgan fingerprint density at radius 1 is 1.62 bits per heavy atom. The third kappa shape index (κ3) is 4.26. The molecule has 1 atom stereocenters. The van der Waals surface area contributed by atoms with Crippen LogP contribution in [0.5, 0.6) is 0 Å². The van der Waals surface area contributed by atoms with Crippen molar-refractivity contribution in [1.29, 1.82) is 0 Å². The second-order valence-electron chi connectivity index (χ2n) is 4.80. The molecule has 0 aromatic carbocycles. The predicted octanol–water partition coefficient (Wildman–Crippen LogP) is 1.58. The molecule has 9 heteroatoms. The average molecular weight is 397 g/mol. The van der Waals surface area contributed by atoms with E-state index in [0.717, 1.165) is 37.3 Å². The highest BCUT2D eigenvalue weighted by Crippen LogP contribution is 2.32. The Balaban J connectivity index is 2.08. The monoisotopic (exact) mass is 396 g/mol. The van der Waals surface area contributed by atoms with Gasteiger partial charge in [0, 0.05) is 6.54 Å².